The molecule has 0 amide bonds. The van der Waals surface area contributed by atoms with Crippen LogP contribution in [-0.4, -0.2) is 34.7 Å². The number of ether oxygens (including phenoxy) is 1. The maximum absolute atomic E-state index is 11.3. The molecule has 0 fully saturated rings. The van der Waals surface area contributed by atoms with Gasteiger partial charge in [-0.05, 0) is 6.42 Å². The quantitative estimate of drug-likeness (QED) is 0.492. The number of hydrogen-bond donors (Lipinski definition) is 2. The second kappa shape index (κ2) is 6.60. The molecule has 16 heavy (non-hydrogen) atoms. The minimum absolute atomic E-state index is 0.150. The number of aliphatic carboxylic acids is 2. The van der Waals surface area contributed by atoms with E-state index in [0.29, 0.717) is 6.42 Å². The molecule has 1 atom stereocenters. The maximum atomic E-state index is 11.3. The molecule has 6 heteroatoms. The number of esters is 1. The van der Waals surface area contributed by atoms with Gasteiger partial charge >= 0.3 is 17.9 Å². The molecule has 0 rings (SSSR count). The molecule has 90 valence electrons. The lowest BCUT2D eigenvalue weighted by atomic mass is 9.97. The summed E-state index contributed by atoms with van der Waals surface area (Å²) in [6, 6.07) is 0. The van der Waals surface area contributed by atoms with Crippen LogP contribution >= 0.6 is 0 Å². The summed E-state index contributed by atoms with van der Waals surface area (Å²) in [5, 5.41) is 17.2. The molecule has 0 aromatic carbocycles. The molecule has 0 aliphatic heterocycles. The monoisotopic (exact) mass is 230 g/mol. The van der Waals surface area contributed by atoms with Crippen LogP contribution in [-0.2, 0) is 19.1 Å². The minimum Gasteiger partial charge on any atom is -0.481 e. The summed E-state index contributed by atoms with van der Waals surface area (Å²) >= 11 is 0. The van der Waals surface area contributed by atoms with Crippen LogP contribution < -0.4 is 0 Å². The molecule has 0 aliphatic carbocycles. The Morgan fingerprint density at radius 1 is 1.31 bits per heavy atom. The first-order valence-corrected chi connectivity index (χ1v) is 4.70. The third-order valence-corrected chi connectivity index (χ3v) is 1.80. The second-order valence-electron chi connectivity index (χ2n) is 3.15. The SMILES string of the molecule is C=C(C(=O)OCCC)C(CC(=O)O)C(=O)O. The fourth-order valence-electron chi connectivity index (χ4n) is 0.964. The van der Waals surface area contributed by atoms with Gasteiger partial charge in [0.2, 0.25) is 0 Å². The Morgan fingerprint density at radius 2 is 1.88 bits per heavy atom. The molecule has 2 N–H and O–H groups in total. The highest BCUT2D eigenvalue weighted by atomic mass is 16.5. The molecule has 0 spiro atoms. The van der Waals surface area contributed by atoms with Gasteiger partial charge in [-0.15, -0.1) is 0 Å². The van der Waals surface area contributed by atoms with Crippen molar-refractivity contribution >= 4 is 17.9 Å². The Labute approximate surface area is 92.5 Å². The molecule has 1 unspecified atom stereocenters. The number of hydrogen-bond acceptors (Lipinski definition) is 4. The van der Waals surface area contributed by atoms with Gasteiger partial charge in [-0.1, -0.05) is 13.5 Å². The highest BCUT2D eigenvalue weighted by Gasteiger charge is 2.29. The smallest absolute Gasteiger partial charge is 0.334 e. The van der Waals surface area contributed by atoms with Gasteiger partial charge < -0.3 is 14.9 Å². The summed E-state index contributed by atoms with van der Waals surface area (Å²) in [6.45, 7) is 5.19. The van der Waals surface area contributed by atoms with E-state index < -0.39 is 30.2 Å². The first-order valence-electron chi connectivity index (χ1n) is 4.70. The summed E-state index contributed by atoms with van der Waals surface area (Å²) < 4.78 is 4.67. The third kappa shape index (κ3) is 4.59. The third-order valence-electron chi connectivity index (χ3n) is 1.80. The van der Waals surface area contributed by atoms with Crippen LogP contribution in [0.4, 0.5) is 0 Å². The maximum Gasteiger partial charge on any atom is 0.334 e. The topological polar surface area (TPSA) is 101 Å². The van der Waals surface area contributed by atoms with E-state index in [1.807, 2.05) is 0 Å². The van der Waals surface area contributed by atoms with Crippen molar-refractivity contribution in [1.29, 1.82) is 0 Å². The molecule has 0 radical (unpaired) electrons. The van der Waals surface area contributed by atoms with E-state index in [4.69, 9.17) is 10.2 Å². The lowest BCUT2D eigenvalue weighted by molar-refractivity contribution is -0.149. The van der Waals surface area contributed by atoms with Crippen molar-refractivity contribution in [3.63, 3.8) is 0 Å². The van der Waals surface area contributed by atoms with Crippen molar-refractivity contribution in [2.45, 2.75) is 19.8 Å². The van der Waals surface area contributed by atoms with E-state index in [9.17, 15) is 14.4 Å². The summed E-state index contributed by atoms with van der Waals surface area (Å²) in [7, 11) is 0. The molecular weight excluding hydrogens is 216 g/mol. The summed E-state index contributed by atoms with van der Waals surface area (Å²) in [5.74, 6) is -5.02. The van der Waals surface area contributed by atoms with Crippen molar-refractivity contribution in [2.75, 3.05) is 6.61 Å². The molecular formula is C10H14O6. The highest BCUT2D eigenvalue weighted by molar-refractivity contribution is 5.96. The van der Waals surface area contributed by atoms with Crippen LogP contribution in [0, 0.1) is 5.92 Å². The molecule has 0 saturated carbocycles. The van der Waals surface area contributed by atoms with Gasteiger partial charge in [-0.25, -0.2) is 4.79 Å². The number of carboxylic acids is 2. The molecule has 6 nitrogen and oxygen atoms in total. The van der Waals surface area contributed by atoms with Crippen LogP contribution in [0.15, 0.2) is 12.2 Å². The van der Waals surface area contributed by atoms with E-state index in [1.54, 1.807) is 6.92 Å². The molecule has 0 saturated heterocycles. The minimum atomic E-state index is -1.44. The van der Waals surface area contributed by atoms with Crippen LogP contribution in [0.2, 0.25) is 0 Å². The Bertz CT molecular complexity index is 306. The Morgan fingerprint density at radius 3 is 2.25 bits per heavy atom. The van der Waals surface area contributed by atoms with E-state index in [-0.39, 0.29) is 12.2 Å². The zero-order valence-electron chi connectivity index (χ0n) is 8.93. The first kappa shape index (κ1) is 14.2. The van der Waals surface area contributed by atoms with Gasteiger partial charge in [-0.2, -0.15) is 0 Å². The van der Waals surface area contributed by atoms with Gasteiger partial charge in [0.05, 0.1) is 18.9 Å². The van der Waals surface area contributed by atoms with E-state index >= 15 is 0 Å². The molecule has 0 aromatic rings. The van der Waals surface area contributed by atoms with E-state index in [0.717, 1.165) is 0 Å². The fourth-order valence-corrected chi connectivity index (χ4v) is 0.964. The van der Waals surface area contributed by atoms with Crippen LogP contribution in [0.3, 0.4) is 0 Å². The standard InChI is InChI=1S/C10H14O6/c1-3-4-16-10(15)6(2)7(9(13)14)5-8(11)12/h7H,2-5H2,1H3,(H,11,12)(H,13,14). The van der Waals surface area contributed by atoms with Crippen LogP contribution in [0.25, 0.3) is 0 Å². The first-order chi connectivity index (χ1) is 7.40. The Kier molecular flexibility index (Phi) is 5.84. The van der Waals surface area contributed by atoms with Gasteiger partial charge in [0, 0.05) is 5.57 Å². The zero-order valence-corrected chi connectivity index (χ0v) is 8.93. The predicted molar refractivity (Wildman–Crippen MR) is 53.8 cm³/mol. The normalized spacial score (nSPS) is 11.6. The fraction of sp³-hybridized carbons (Fsp3) is 0.500. The van der Waals surface area contributed by atoms with Crippen molar-refractivity contribution < 1.29 is 29.3 Å². The zero-order chi connectivity index (χ0) is 12.7. The Hall–Kier alpha value is -1.85. The van der Waals surface area contributed by atoms with Crippen molar-refractivity contribution in [1.82, 2.24) is 0 Å². The average Bonchev–Trinajstić information content (AvgIpc) is 2.20. The molecule has 0 bridgehead atoms. The van der Waals surface area contributed by atoms with Crippen LogP contribution in [0.5, 0.6) is 0 Å². The van der Waals surface area contributed by atoms with Crippen molar-refractivity contribution in [3.05, 3.63) is 12.2 Å². The summed E-state index contributed by atoms with van der Waals surface area (Å²) in [4.78, 5) is 32.4. The lowest BCUT2D eigenvalue weighted by Crippen LogP contribution is -2.25. The number of rotatable bonds is 7. The largest absolute Gasteiger partial charge is 0.481 e. The Balaban J connectivity index is 4.55. The number of carbonyl (C=O) groups is 3. The van der Waals surface area contributed by atoms with Gasteiger partial charge in [0.1, 0.15) is 0 Å². The molecule has 0 aromatic heterocycles. The average molecular weight is 230 g/mol. The lowest BCUT2D eigenvalue weighted by Gasteiger charge is -2.12. The number of carbonyl (C=O) groups excluding carboxylic acids is 1. The summed E-state index contributed by atoms with van der Waals surface area (Å²) in [5.41, 5.74) is -0.344. The van der Waals surface area contributed by atoms with E-state index in [1.165, 1.54) is 0 Å². The van der Waals surface area contributed by atoms with E-state index in [2.05, 4.69) is 11.3 Å². The number of carboxylic acid groups (broad SMARTS) is 2. The highest BCUT2D eigenvalue weighted by Crippen LogP contribution is 2.15. The van der Waals surface area contributed by atoms with Gasteiger partial charge in [0.25, 0.3) is 0 Å². The predicted octanol–water partition coefficient (Wildman–Crippen LogP) is 0.671. The molecule has 0 heterocycles. The van der Waals surface area contributed by atoms with Gasteiger partial charge in [-0.3, -0.25) is 9.59 Å². The second-order valence-corrected chi connectivity index (χ2v) is 3.15. The van der Waals surface area contributed by atoms with Gasteiger partial charge in [0.15, 0.2) is 0 Å². The van der Waals surface area contributed by atoms with Crippen LogP contribution in [0.1, 0.15) is 19.8 Å². The van der Waals surface area contributed by atoms with Crippen molar-refractivity contribution in [2.24, 2.45) is 5.92 Å². The summed E-state index contributed by atoms with van der Waals surface area (Å²) in [6.07, 6.45) is -0.0922. The van der Waals surface area contributed by atoms with Crippen molar-refractivity contribution in [3.8, 4) is 0 Å². The molecule has 0 aliphatic rings.